The van der Waals surface area contributed by atoms with Gasteiger partial charge in [-0.25, -0.2) is 0 Å². The van der Waals surface area contributed by atoms with Crippen molar-refractivity contribution in [2.45, 2.75) is 57.0 Å². The summed E-state index contributed by atoms with van der Waals surface area (Å²) in [5, 5.41) is 21.7. The molecule has 0 aliphatic heterocycles. The predicted molar refractivity (Wildman–Crippen MR) is 88.1 cm³/mol. The number of benzene rings is 1. The molecule has 0 unspecified atom stereocenters. The van der Waals surface area contributed by atoms with E-state index in [4.69, 9.17) is 10.00 Å². The van der Waals surface area contributed by atoms with Gasteiger partial charge in [0.05, 0.1) is 24.7 Å². The smallest absolute Gasteiger partial charge is 0.227 e. The topological polar surface area (TPSA) is 82.3 Å². The van der Waals surface area contributed by atoms with E-state index in [0.717, 1.165) is 19.3 Å². The molecular formula is C18H24N2O3. The largest absolute Gasteiger partial charge is 0.493 e. The highest BCUT2D eigenvalue weighted by Crippen LogP contribution is 2.31. The fourth-order valence-electron chi connectivity index (χ4n) is 2.90. The summed E-state index contributed by atoms with van der Waals surface area (Å²) in [6.45, 7) is 0.477. The molecule has 1 aromatic rings. The number of aliphatic hydroxyl groups is 1. The van der Waals surface area contributed by atoms with Crippen molar-refractivity contribution in [3.05, 3.63) is 24.3 Å². The zero-order valence-electron chi connectivity index (χ0n) is 13.4. The van der Waals surface area contributed by atoms with Crippen molar-refractivity contribution in [2.75, 3.05) is 11.9 Å². The van der Waals surface area contributed by atoms with Crippen LogP contribution in [-0.2, 0) is 4.79 Å². The number of nitriles is 1. The van der Waals surface area contributed by atoms with Gasteiger partial charge < -0.3 is 15.2 Å². The SMILES string of the molecule is N#CCCCOc1cccc(NC(=O)CC2(O)CCCCC2)c1. The molecular weight excluding hydrogens is 292 g/mol. The van der Waals surface area contributed by atoms with Crippen molar-refractivity contribution < 1.29 is 14.6 Å². The maximum Gasteiger partial charge on any atom is 0.227 e. The number of anilines is 1. The average Bonchev–Trinajstić information content (AvgIpc) is 2.52. The standard InChI is InChI=1S/C18H24N2O3/c19-11-4-5-12-23-16-8-6-7-15(13-16)20-17(21)14-18(22)9-2-1-3-10-18/h6-8,13,22H,1-5,9-10,12,14H2,(H,20,21). The minimum absolute atomic E-state index is 0.139. The highest BCUT2D eigenvalue weighted by atomic mass is 16.5. The van der Waals surface area contributed by atoms with Crippen molar-refractivity contribution in [3.63, 3.8) is 0 Å². The molecule has 1 aliphatic rings. The molecule has 23 heavy (non-hydrogen) atoms. The Balaban J connectivity index is 1.84. The van der Waals surface area contributed by atoms with Gasteiger partial charge in [-0.1, -0.05) is 25.3 Å². The third-order valence-electron chi connectivity index (χ3n) is 4.09. The van der Waals surface area contributed by atoms with Gasteiger partial charge in [-0.3, -0.25) is 4.79 Å². The lowest BCUT2D eigenvalue weighted by Gasteiger charge is -2.31. The van der Waals surface area contributed by atoms with E-state index >= 15 is 0 Å². The molecule has 5 heteroatoms. The van der Waals surface area contributed by atoms with Crippen LogP contribution in [0.1, 0.15) is 51.4 Å². The summed E-state index contributed by atoms with van der Waals surface area (Å²) in [7, 11) is 0. The number of amides is 1. The lowest BCUT2D eigenvalue weighted by molar-refractivity contribution is -0.122. The Bertz CT molecular complexity index is 560. The van der Waals surface area contributed by atoms with Crippen molar-refractivity contribution in [3.8, 4) is 11.8 Å². The van der Waals surface area contributed by atoms with E-state index in [0.29, 0.717) is 43.7 Å². The lowest BCUT2D eigenvalue weighted by Crippen LogP contribution is -2.35. The number of nitrogens with zero attached hydrogens (tertiary/aromatic N) is 1. The molecule has 0 spiro atoms. The third-order valence-corrected chi connectivity index (χ3v) is 4.09. The Morgan fingerprint density at radius 3 is 2.87 bits per heavy atom. The lowest BCUT2D eigenvalue weighted by atomic mass is 9.82. The highest BCUT2D eigenvalue weighted by molar-refractivity contribution is 5.91. The highest BCUT2D eigenvalue weighted by Gasteiger charge is 2.31. The Kier molecular flexibility index (Phi) is 6.42. The summed E-state index contributed by atoms with van der Waals surface area (Å²) < 4.78 is 5.55. The van der Waals surface area contributed by atoms with Crippen LogP contribution in [-0.4, -0.2) is 23.2 Å². The van der Waals surface area contributed by atoms with Gasteiger partial charge >= 0.3 is 0 Å². The fraction of sp³-hybridized carbons (Fsp3) is 0.556. The number of hydrogen-bond donors (Lipinski definition) is 2. The number of nitrogens with one attached hydrogen (secondary N) is 1. The van der Waals surface area contributed by atoms with Gasteiger partial charge in [0.2, 0.25) is 5.91 Å². The van der Waals surface area contributed by atoms with Crippen LogP contribution in [0.2, 0.25) is 0 Å². The van der Waals surface area contributed by atoms with Crippen LogP contribution in [0.4, 0.5) is 5.69 Å². The molecule has 5 nitrogen and oxygen atoms in total. The van der Waals surface area contributed by atoms with Gasteiger partial charge in [-0.05, 0) is 31.4 Å². The average molecular weight is 316 g/mol. The van der Waals surface area contributed by atoms with Crippen molar-refractivity contribution >= 4 is 11.6 Å². The molecule has 0 heterocycles. The molecule has 2 N–H and O–H groups in total. The number of carbonyl (C=O) groups excluding carboxylic acids is 1. The summed E-state index contributed by atoms with van der Waals surface area (Å²) in [5.41, 5.74) is -0.194. The molecule has 1 fully saturated rings. The van der Waals surface area contributed by atoms with Crippen LogP contribution >= 0.6 is 0 Å². The Labute approximate surface area is 137 Å². The minimum Gasteiger partial charge on any atom is -0.493 e. The summed E-state index contributed by atoms with van der Waals surface area (Å²) >= 11 is 0. The Morgan fingerprint density at radius 1 is 1.35 bits per heavy atom. The van der Waals surface area contributed by atoms with E-state index in [1.165, 1.54) is 0 Å². The van der Waals surface area contributed by atoms with Crippen LogP contribution in [0, 0.1) is 11.3 Å². The van der Waals surface area contributed by atoms with Crippen LogP contribution in [0.25, 0.3) is 0 Å². The maximum atomic E-state index is 12.1. The first-order chi connectivity index (χ1) is 11.1. The second-order valence-corrected chi connectivity index (χ2v) is 6.15. The quantitative estimate of drug-likeness (QED) is 0.755. The second-order valence-electron chi connectivity index (χ2n) is 6.15. The van der Waals surface area contributed by atoms with Crippen molar-refractivity contribution in [1.82, 2.24) is 0 Å². The van der Waals surface area contributed by atoms with Gasteiger partial charge in [0.25, 0.3) is 0 Å². The molecule has 1 aromatic carbocycles. The van der Waals surface area contributed by atoms with Crippen molar-refractivity contribution in [2.24, 2.45) is 0 Å². The molecule has 0 bridgehead atoms. The van der Waals surface area contributed by atoms with Crippen LogP contribution < -0.4 is 10.1 Å². The molecule has 1 amide bonds. The first-order valence-electron chi connectivity index (χ1n) is 8.23. The number of unbranched alkanes of at least 4 members (excludes halogenated alkanes) is 1. The van der Waals surface area contributed by atoms with E-state index in [9.17, 15) is 9.90 Å². The van der Waals surface area contributed by atoms with E-state index in [1.807, 2.05) is 12.1 Å². The summed E-state index contributed by atoms with van der Waals surface area (Å²) in [5.74, 6) is 0.494. The number of carbonyl (C=O) groups is 1. The second kappa shape index (κ2) is 8.54. The predicted octanol–water partition coefficient (Wildman–Crippen LogP) is 3.39. The molecule has 2 rings (SSSR count). The maximum absolute atomic E-state index is 12.1. The van der Waals surface area contributed by atoms with Crippen molar-refractivity contribution in [1.29, 1.82) is 5.26 Å². The van der Waals surface area contributed by atoms with Gasteiger partial charge in [0.15, 0.2) is 0 Å². The molecule has 124 valence electrons. The van der Waals surface area contributed by atoms with Gasteiger partial charge in [-0.15, -0.1) is 0 Å². The molecule has 0 aromatic heterocycles. The van der Waals surface area contributed by atoms with E-state index in [-0.39, 0.29) is 12.3 Å². The Hall–Kier alpha value is -2.06. The van der Waals surface area contributed by atoms with Gasteiger partial charge in [0, 0.05) is 18.2 Å². The third kappa shape index (κ3) is 5.91. The molecule has 0 atom stereocenters. The van der Waals surface area contributed by atoms with Crippen LogP contribution in [0.15, 0.2) is 24.3 Å². The monoisotopic (exact) mass is 316 g/mol. The molecule has 1 saturated carbocycles. The van der Waals surface area contributed by atoms with Crippen LogP contribution in [0.5, 0.6) is 5.75 Å². The number of hydrogen-bond acceptors (Lipinski definition) is 4. The fourth-order valence-corrected chi connectivity index (χ4v) is 2.90. The van der Waals surface area contributed by atoms with Crippen LogP contribution in [0.3, 0.4) is 0 Å². The molecule has 0 radical (unpaired) electrons. The molecule has 1 aliphatic carbocycles. The first kappa shape index (κ1) is 17.3. The first-order valence-corrected chi connectivity index (χ1v) is 8.23. The molecule has 0 saturated heterocycles. The Morgan fingerprint density at radius 2 is 2.13 bits per heavy atom. The summed E-state index contributed by atoms with van der Waals surface area (Å²) in [6, 6.07) is 9.25. The van der Waals surface area contributed by atoms with Gasteiger partial charge in [0.1, 0.15) is 5.75 Å². The minimum atomic E-state index is -0.853. The van der Waals surface area contributed by atoms with E-state index < -0.39 is 5.60 Å². The zero-order valence-corrected chi connectivity index (χ0v) is 13.4. The zero-order chi connectivity index (χ0) is 16.5. The summed E-state index contributed by atoms with van der Waals surface area (Å²) in [4.78, 5) is 12.1. The van der Waals surface area contributed by atoms with E-state index in [2.05, 4.69) is 11.4 Å². The normalized spacial score (nSPS) is 16.3. The number of ether oxygens (including phenoxy) is 1. The number of rotatable bonds is 7. The van der Waals surface area contributed by atoms with Gasteiger partial charge in [-0.2, -0.15) is 5.26 Å². The van der Waals surface area contributed by atoms with E-state index in [1.54, 1.807) is 12.1 Å². The summed E-state index contributed by atoms with van der Waals surface area (Å²) in [6.07, 6.45) is 5.78.